The van der Waals surface area contributed by atoms with Gasteiger partial charge in [-0.05, 0) is 48.0 Å². The van der Waals surface area contributed by atoms with Crippen molar-refractivity contribution in [3.05, 3.63) is 53.6 Å². The van der Waals surface area contributed by atoms with Crippen LogP contribution in [0, 0.1) is 0 Å². The summed E-state index contributed by atoms with van der Waals surface area (Å²) >= 11 is 0. The van der Waals surface area contributed by atoms with Gasteiger partial charge in [-0.25, -0.2) is 4.79 Å². The van der Waals surface area contributed by atoms with Crippen LogP contribution < -0.4 is 4.74 Å². The van der Waals surface area contributed by atoms with Crippen molar-refractivity contribution in [2.24, 2.45) is 4.99 Å². The van der Waals surface area contributed by atoms with Crippen molar-refractivity contribution in [1.82, 2.24) is 0 Å². The zero-order chi connectivity index (χ0) is 14.5. The van der Waals surface area contributed by atoms with Crippen LogP contribution in [0.25, 0.3) is 0 Å². The molecule has 0 aliphatic rings. The summed E-state index contributed by atoms with van der Waals surface area (Å²) < 4.78 is 4.95. The molecule has 0 spiro atoms. The molecule has 0 unspecified atom stereocenters. The van der Waals surface area contributed by atoms with Gasteiger partial charge in [-0.2, -0.15) is 0 Å². The van der Waals surface area contributed by atoms with Crippen LogP contribution in [0.5, 0.6) is 11.5 Å². The van der Waals surface area contributed by atoms with Gasteiger partial charge >= 0.3 is 5.97 Å². The van der Waals surface area contributed by atoms with Gasteiger partial charge in [0.2, 0.25) is 0 Å². The number of rotatable bonds is 4. The van der Waals surface area contributed by atoms with Gasteiger partial charge in [-0.15, -0.1) is 0 Å². The van der Waals surface area contributed by atoms with Crippen LogP contribution in [0.15, 0.2) is 47.5 Å². The summed E-state index contributed by atoms with van der Waals surface area (Å²) in [6.45, 7) is 0. The molecule has 0 aliphatic carbocycles. The average Bonchev–Trinajstić information content (AvgIpc) is 2.45. The Hall–Kier alpha value is -2.82. The SMILES string of the molecule is COc1ccc(C=Nc2ccc(C(=O)O)cc2)cc1O. The van der Waals surface area contributed by atoms with E-state index in [1.54, 1.807) is 30.5 Å². The Balaban J connectivity index is 2.16. The molecule has 0 amide bonds. The number of benzene rings is 2. The van der Waals surface area contributed by atoms with Gasteiger partial charge in [-0.1, -0.05) is 0 Å². The summed E-state index contributed by atoms with van der Waals surface area (Å²) in [5, 5.41) is 18.4. The van der Waals surface area contributed by atoms with Crippen LogP contribution >= 0.6 is 0 Å². The largest absolute Gasteiger partial charge is 0.504 e. The molecule has 0 atom stereocenters. The number of carboxylic acid groups (broad SMARTS) is 1. The molecule has 0 heterocycles. The lowest BCUT2D eigenvalue weighted by Crippen LogP contribution is -1.94. The van der Waals surface area contributed by atoms with Crippen LogP contribution in [0.2, 0.25) is 0 Å². The Morgan fingerprint density at radius 3 is 2.45 bits per heavy atom. The van der Waals surface area contributed by atoms with Crippen LogP contribution in [0.1, 0.15) is 15.9 Å². The van der Waals surface area contributed by atoms with E-state index >= 15 is 0 Å². The fourth-order valence-electron chi connectivity index (χ4n) is 1.63. The molecule has 102 valence electrons. The first-order valence-electron chi connectivity index (χ1n) is 5.84. The first-order chi connectivity index (χ1) is 9.60. The Kier molecular flexibility index (Phi) is 4.00. The lowest BCUT2D eigenvalue weighted by Gasteiger charge is -2.03. The smallest absolute Gasteiger partial charge is 0.335 e. The van der Waals surface area contributed by atoms with E-state index in [1.165, 1.54) is 25.3 Å². The fraction of sp³-hybridized carbons (Fsp3) is 0.0667. The number of carboxylic acids is 1. The average molecular weight is 271 g/mol. The summed E-state index contributed by atoms with van der Waals surface area (Å²) in [5.74, 6) is -0.536. The maximum atomic E-state index is 10.7. The maximum absolute atomic E-state index is 10.7. The Bertz CT molecular complexity index is 647. The number of hydrogen-bond donors (Lipinski definition) is 2. The third-order valence-corrected chi connectivity index (χ3v) is 2.68. The minimum Gasteiger partial charge on any atom is -0.504 e. The molecule has 0 aliphatic heterocycles. The minimum atomic E-state index is -0.972. The number of aromatic carboxylic acids is 1. The van der Waals surface area contributed by atoms with Crippen molar-refractivity contribution in [3.8, 4) is 11.5 Å². The summed E-state index contributed by atoms with van der Waals surface area (Å²) in [6.07, 6.45) is 1.58. The molecular weight excluding hydrogens is 258 g/mol. The highest BCUT2D eigenvalue weighted by molar-refractivity contribution is 5.88. The van der Waals surface area contributed by atoms with Crippen LogP contribution in [0.4, 0.5) is 5.69 Å². The topological polar surface area (TPSA) is 79.1 Å². The number of carbonyl (C=O) groups is 1. The predicted molar refractivity (Wildman–Crippen MR) is 75.3 cm³/mol. The second-order valence-corrected chi connectivity index (χ2v) is 4.04. The number of phenols is 1. The predicted octanol–water partition coefficient (Wildman–Crippen LogP) is 2.85. The van der Waals surface area contributed by atoms with Crippen molar-refractivity contribution < 1.29 is 19.7 Å². The van der Waals surface area contributed by atoms with E-state index in [4.69, 9.17) is 9.84 Å². The van der Waals surface area contributed by atoms with Crippen molar-refractivity contribution >= 4 is 17.9 Å². The van der Waals surface area contributed by atoms with E-state index in [9.17, 15) is 9.90 Å². The molecule has 0 fully saturated rings. The standard InChI is InChI=1S/C15H13NO4/c1-20-14-7-2-10(8-13(14)17)9-16-12-5-3-11(4-6-12)15(18)19/h2-9,17H,1H3,(H,18,19). The molecule has 0 saturated heterocycles. The third kappa shape index (κ3) is 3.14. The Morgan fingerprint density at radius 2 is 1.90 bits per heavy atom. The lowest BCUT2D eigenvalue weighted by atomic mass is 10.2. The first kappa shape index (κ1) is 13.6. The normalized spacial score (nSPS) is 10.7. The molecular formula is C15H13NO4. The fourth-order valence-corrected chi connectivity index (χ4v) is 1.63. The lowest BCUT2D eigenvalue weighted by molar-refractivity contribution is 0.0697. The number of nitrogens with zero attached hydrogens (tertiary/aromatic N) is 1. The molecule has 2 aromatic rings. The van der Waals surface area contributed by atoms with E-state index in [0.29, 0.717) is 17.0 Å². The molecule has 0 saturated carbocycles. The van der Waals surface area contributed by atoms with Crippen molar-refractivity contribution in [2.75, 3.05) is 7.11 Å². The van der Waals surface area contributed by atoms with Crippen LogP contribution in [-0.4, -0.2) is 29.5 Å². The van der Waals surface area contributed by atoms with E-state index in [0.717, 1.165) is 0 Å². The summed E-state index contributed by atoms with van der Waals surface area (Å²) in [7, 11) is 1.48. The van der Waals surface area contributed by atoms with E-state index in [1.807, 2.05) is 0 Å². The molecule has 0 aromatic heterocycles. The molecule has 5 nitrogen and oxygen atoms in total. The monoisotopic (exact) mass is 271 g/mol. The molecule has 2 rings (SSSR count). The molecule has 20 heavy (non-hydrogen) atoms. The summed E-state index contributed by atoms with van der Waals surface area (Å²) in [5.41, 5.74) is 1.56. The van der Waals surface area contributed by atoms with Crippen LogP contribution in [-0.2, 0) is 0 Å². The summed E-state index contributed by atoms with van der Waals surface area (Å²) in [4.78, 5) is 14.9. The highest BCUT2D eigenvalue weighted by atomic mass is 16.5. The number of aromatic hydroxyl groups is 1. The second-order valence-electron chi connectivity index (χ2n) is 4.04. The zero-order valence-electron chi connectivity index (χ0n) is 10.8. The number of hydrogen-bond acceptors (Lipinski definition) is 4. The van der Waals surface area contributed by atoms with E-state index in [2.05, 4.69) is 4.99 Å². The van der Waals surface area contributed by atoms with Gasteiger partial charge in [-0.3, -0.25) is 4.99 Å². The zero-order valence-corrected chi connectivity index (χ0v) is 10.8. The third-order valence-electron chi connectivity index (χ3n) is 2.68. The first-order valence-corrected chi connectivity index (χ1v) is 5.84. The number of aliphatic imine (C=N–C) groups is 1. The van der Waals surface area contributed by atoms with Crippen molar-refractivity contribution in [1.29, 1.82) is 0 Å². The molecule has 0 radical (unpaired) electrons. The quantitative estimate of drug-likeness (QED) is 0.838. The molecule has 2 aromatic carbocycles. The van der Waals surface area contributed by atoms with Gasteiger partial charge in [0.15, 0.2) is 11.5 Å². The molecule has 0 bridgehead atoms. The number of ether oxygens (including phenoxy) is 1. The van der Waals surface area contributed by atoms with E-state index < -0.39 is 5.97 Å². The van der Waals surface area contributed by atoms with Gasteiger partial charge < -0.3 is 14.9 Å². The molecule has 2 N–H and O–H groups in total. The Morgan fingerprint density at radius 1 is 1.20 bits per heavy atom. The van der Waals surface area contributed by atoms with Crippen LogP contribution in [0.3, 0.4) is 0 Å². The van der Waals surface area contributed by atoms with Gasteiger partial charge in [0.05, 0.1) is 18.4 Å². The van der Waals surface area contributed by atoms with Gasteiger partial charge in [0, 0.05) is 6.21 Å². The van der Waals surface area contributed by atoms with Crippen molar-refractivity contribution in [3.63, 3.8) is 0 Å². The maximum Gasteiger partial charge on any atom is 0.335 e. The second kappa shape index (κ2) is 5.88. The molecule has 5 heteroatoms. The van der Waals surface area contributed by atoms with Crippen molar-refractivity contribution in [2.45, 2.75) is 0 Å². The number of methoxy groups -OCH3 is 1. The number of phenolic OH excluding ortho intramolecular Hbond substituents is 1. The Labute approximate surface area is 115 Å². The van der Waals surface area contributed by atoms with E-state index in [-0.39, 0.29) is 11.3 Å². The highest BCUT2D eigenvalue weighted by Gasteiger charge is 2.02. The highest BCUT2D eigenvalue weighted by Crippen LogP contribution is 2.25. The van der Waals surface area contributed by atoms with Gasteiger partial charge in [0.1, 0.15) is 0 Å². The summed E-state index contributed by atoms with van der Waals surface area (Å²) in [6, 6.07) is 11.1. The van der Waals surface area contributed by atoms with Gasteiger partial charge in [0.25, 0.3) is 0 Å². The minimum absolute atomic E-state index is 0.0395.